The van der Waals surface area contributed by atoms with Gasteiger partial charge >= 0.3 is 0 Å². The lowest BCUT2D eigenvalue weighted by Gasteiger charge is -2.35. The van der Waals surface area contributed by atoms with Crippen LogP contribution in [-0.2, 0) is 0 Å². The van der Waals surface area contributed by atoms with Crippen molar-refractivity contribution in [2.75, 3.05) is 11.1 Å². The van der Waals surface area contributed by atoms with E-state index in [1.54, 1.807) is 6.07 Å². The van der Waals surface area contributed by atoms with Crippen molar-refractivity contribution in [1.82, 2.24) is 0 Å². The van der Waals surface area contributed by atoms with Gasteiger partial charge in [0.1, 0.15) is 0 Å². The number of nitrogens with one attached hydrogen (secondary N) is 1. The Kier molecular flexibility index (Phi) is 3.76. The Morgan fingerprint density at radius 2 is 2.11 bits per heavy atom. The number of hydrogen-bond donors (Lipinski definition) is 2. The average molecular weight is 243 g/mol. The van der Waals surface area contributed by atoms with Gasteiger partial charge in [-0.25, -0.2) is 0 Å². The van der Waals surface area contributed by atoms with Gasteiger partial charge in [-0.1, -0.05) is 26.7 Å². The summed E-state index contributed by atoms with van der Waals surface area (Å²) < 4.78 is 0. The van der Waals surface area contributed by atoms with Crippen molar-refractivity contribution in [3.05, 3.63) is 23.8 Å². The number of nitrogen functional groups attached to an aromatic ring is 1. The minimum atomic E-state index is 0.490. The largest absolute Gasteiger partial charge is 0.397 e. The molecule has 0 bridgehead atoms. The van der Waals surface area contributed by atoms with E-state index in [0.29, 0.717) is 23.2 Å². The molecule has 2 rings (SSSR count). The highest BCUT2D eigenvalue weighted by Gasteiger charge is 2.27. The second kappa shape index (κ2) is 5.30. The number of rotatable bonds is 2. The molecule has 1 aromatic rings. The summed E-state index contributed by atoms with van der Waals surface area (Å²) >= 11 is 0. The molecule has 0 radical (unpaired) electrons. The molecule has 0 heterocycles. The molecular weight excluding hydrogens is 222 g/mol. The molecule has 96 valence electrons. The normalized spacial score (nSPS) is 27.5. The van der Waals surface area contributed by atoms with Gasteiger partial charge in [0.05, 0.1) is 23.0 Å². The summed E-state index contributed by atoms with van der Waals surface area (Å²) in [5, 5.41) is 12.4. The van der Waals surface area contributed by atoms with Crippen molar-refractivity contribution in [3.8, 4) is 6.07 Å². The Hall–Kier alpha value is -1.69. The number of hydrogen-bond acceptors (Lipinski definition) is 3. The first-order valence-electron chi connectivity index (χ1n) is 6.68. The molecule has 0 aliphatic heterocycles. The molecule has 18 heavy (non-hydrogen) atoms. The average Bonchev–Trinajstić information content (AvgIpc) is 2.37. The standard InChI is InChI=1S/C15H21N3/c1-10-4-3-5-14(11(10)2)18-15-7-6-12(9-16)8-13(15)17/h6-8,10-11,14,18H,3-5,17H2,1-2H3. The van der Waals surface area contributed by atoms with Crippen LogP contribution in [0.4, 0.5) is 11.4 Å². The summed E-state index contributed by atoms with van der Waals surface area (Å²) in [5.74, 6) is 1.42. The van der Waals surface area contributed by atoms with Crippen molar-refractivity contribution >= 4 is 11.4 Å². The minimum Gasteiger partial charge on any atom is -0.397 e. The smallest absolute Gasteiger partial charge is 0.0992 e. The van der Waals surface area contributed by atoms with Crippen LogP contribution < -0.4 is 11.1 Å². The number of nitriles is 1. The maximum absolute atomic E-state index is 8.83. The van der Waals surface area contributed by atoms with Crippen LogP contribution in [-0.4, -0.2) is 6.04 Å². The number of nitrogens with zero attached hydrogens (tertiary/aromatic N) is 1. The molecule has 3 unspecified atom stereocenters. The molecule has 1 aliphatic carbocycles. The topological polar surface area (TPSA) is 61.8 Å². The highest BCUT2D eigenvalue weighted by Crippen LogP contribution is 2.32. The van der Waals surface area contributed by atoms with Crippen molar-refractivity contribution in [3.63, 3.8) is 0 Å². The van der Waals surface area contributed by atoms with Gasteiger partial charge in [-0.3, -0.25) is 0 Å². The highest BCUT2D eigenvalue weighted by atomic mass is 14.9. The Morgan fingerprint density at radius 3 is 2.78 bits per heavy atom. The molecule has 1 saturated carbocycles. The third kappa shape index (κ3) is 2.59. The fraction of sp³-hybridized carbons (Fsp3) is 0.533. The molecule has 3 atom stereocenters. The van der Waals surface area contributed by atoms with Crippen molar-refractivity contribution in [1.29, 1.82) is 5.26 Å². The van der Waals surface area contributed by atoms with Gasteiger partial charge in [-0.2, -0.15) is 5.26 Å². The van der Waals surface area contributed by atoms with Crippen molar-refractivity contribution in [2.24, 2.45) is 11.8 Å². The molecule has 0 amide bonds. The summed E-state index contributed by atoms with van der Waals surface area (Å²) in [5.41, 5.74) is 8.22. The van der Waals surface area contributed by atoms with E-state index < -0.39 is 0 Å². The SMILES string of the molecule is CC1CCCC(Nc2ccc(C#N)cc2N)C1C. The molecule has 1 aliphatic rings. The van der Waals surface area contributed by atoms with Gasteiger partial charge in [0.25, 0.3) is 0 Å². The van der Waals surface area contributed by atoms with E-state index in [1.807, 2.05) is 12.1 Å². The summed E-state index contributed by atoms with van der Waals surface area (Å²) in [6, 6.07) is 8.06. The molecule has 3 heteroatoms. The molecule has 0 aromatic heterocycles. The Balaban J connectivity index is 2.12. The van der Waals surface area contributed by atoms with Gasteiger partial charge < -0.3 is 11.1 Å². The van der Waals surface area contributed by atoms with Crippen LogP contribution in [0.3, 0.4) is 0 Å². The van der Waals surface area contributed by atoms with Crippen LogP contribution in [0.1, 0.15) is 38.7 Å². The third-order valence-electron chi connectivity index (χ3n) is 4.23. The molecule has 0 spiro atoms. The molecular formula is C15H21N3. The lowest BCUT2D eigenvalue weighted by Crippen LogP contribution is -2.35. The molecule has 1 aromatic carbocycles. The van der Waals surface area contributed by atoms with Crippen molar-refractivity contribution in [2.45, 2.75) is 39.2 Å². The highest BCUT2D eigenvalue weighted by molar-refractivity contribution is 5.68. The Morgan fingerprint density at radius 1 is 1.33 bits per heavy atom. The number of anilines is 2. The fourth-order valence-corrected chi connectivity index (χ4v) is 2.75. The van der Waals surface area contributed by atoms with E-state index in [2.05, 4.69) is 25.2 Å². The van der Waals surface area contributed by atoms with E-state index >= 15 is 0 Å². The van der Waals surface area contributed by atoms with Crippen LogP contribution in [0, 0.1) is 23.2 Å². The molecule has 3 N–H and O–H groups in total. The Bertz CT molecular complexity index is 461. The van der Waals surface area contributed by atoms with Crippen LogP contribution in [0.15, 0.2) is 18.2 Å². The van der Waals surface area contributed by atoms with Crippen LogP contribution >= 0.6 is 0 Å². The van der Waals surface area contributed by atoms with E-state index in [1.165, 1.54) is 19.3 Å². The first-order chi connectivity index (χ1) is 8.61. The van der Waals surface area contributed by atoms with Gasteiger partial charge in [0.15, 0.2) is 0 Å². The van der Waals surface area contributed by atoms with Gasteiger partial charge in [0, 0.05) is 6.04 Å². The molecule has 3 nitrogen and oxygen atoms in total. The number of benzene rings is 1. The van der Waals surface area contributed by atoms with Gasteiger partial charge in [-0.15, -0.1) is 0 Å². The zero-order chi connectivity index (χ0) is 13.1. The second-order valence-electron chi connectivity index (χ2n) is 5.43. The monoisotopic (exact) mass is 243 g/mol. The van der Waals surface area contributed by atoms with E-state index in [9.17, 15) is 0 Å². The maximum atomic E-state index is 8.83. The number of nitrogens with two attached hydrogens (primary N) is 1. The van der Waals surface area contributed by atoms with E-state index in [0.717, 1.165) is 11.6 Å². The molecule has 0 saturated heterocycles. The molecule has 1 fully saturated rings. The zero-order valence-corrected chi connectivity index (χ0v) is 11.1. The first-order valence-corrected chi connectivity index (χ1v) is 6.68. The quantitative estimate of drug-likeness (QED) is 0.783. The maximum Gasteiger partial charge on any atom is 0.0992 e. The third-order valence-corrected chi connectivity index (χ3v) is 4.23. The summed E-state index contributed by atoms with van der Waals surface area (Å²) in [4.78, 5) is 0. The fourth-order valence-electron chi connectivity index (χ4n) is 2.75. The predicted octanol–water partition coefficient (Wildman–Crippen LogP) is 3.38. The summed E-state index contributed by atoms with van der Waals surface area (Å²) in [6.07, 6.45) is 3.80. The Labute approximate surface area is 109 Å². The van der Waals surface area contributed by atoms with Crippen LogP contribution in [0.25, 0.3) is 0 Å². The van der Waals surface area contributed by atoms with Crippen LogP contribution in [0.2, 0.25) is 0 Å². The van der Waals surface area contributed by atoms with Gasteiger partial charge in [0.2, 0.25) is 0 Å². The van der Waals surface area contributed by atoms with E-state index in [-0.39, 0.29) is 0 Å². The lowest BCUT2D eigenvalue weighted by molar-refractivity contribution is 0.253. The van der Waals surface area contributed by atoms with Gasteiger partial charge in [-0.05, 0) is 36.5 Å². The first kappa shape index (κ1) is 12.8. The second-order valence-corrected chi connectivity index (χ2v) is 5.43. The summed E-state index contributed by atoms with van der Waals surface area (Å²) in [6.45, 7) is 4.63. The summed E-state index contributed by atoms with van der Waals surface area (Å²) in [7, 11) is 0. The van der Waals surface area contributed by atoms with Crippen molar-refractivity contribution < 1.29 is 0 Å². The van der Waals surface area contributed by atoms with Crippen LogP contribution in [0.5, 0.6) is 0 Å². The lowest BCUT2D eigenvalue weighted by atomic mass is 9.78. The zero-order valence-electron chi connectivity index (χ0n) is 11.1. The predicted molar refractivity (Wildman–Crippen MR) is 75.2 cm³/mol. The minimum absolute atomic E-state index is 0.490. The van der Waals surface area contributed by atoms with E-state index in [4.69, 9.17) is 11.0 Å².